The van der Waals surface area contributed by atoms with Crippen LogP contribution < -0.4 is 9.46 Å². The van der Waals surface area contributed by atoms with E-state index in [1.165, 1.54) is 25.1 Å². The van der Waals surface area contributed by atoms with Gasteiger partial charge in [0.2, 0.25) is 10.0 Å². The van der Waals surface area contributed by atoms with Crippen LogP contribution in [-0.2, 0) is 14.8 Å². The molecule has 0 fully saturated rings. The van der Waals surface area contributed by atoms with Crippen molar-refractivity contribution in [1.82, 2.24) is 9.80 Å². The molecule has 1 N–H and O–H groups in total. The van der Waals surface area contributed by atoms with Crippen molar-refractivity contribution in [3.05, 3.63) is 23.8 Å². The Morgan fingerprint density at radius 2 is 1.76 bits per heavy atom. The Morgan fingerprint density at radius 1 is 1.11 bits per heavy atom. The number of nitrogens with zero attached hydrogens (tertiary/aromatic N) is 2. The Labute approximate surface area is 211 Å². The lowest BCUT2D eigenvalue weighted by atomic mass is 10.0. The second-order valence-electron chi connectivity index (χ2n) is 9.14. The third-order valence-corrected chi connectivity index (χ3v) is 7.14. The van der Waals surface area contributed by atoms with E-state index >= 15 is 0 Å². The molecular weight excluding hydrogens is 532 g/mol. The van der Waals surface area contributed by atoms with Gasteiger partial charge in [0.05, 0.1) is 18.1 Å². The molecule has 212 valence electrons. The second kappa shape index (κ2) is 12.1. The van der Waals surface area contributed by atoms with E-state index < -0.39 is 52.6 Å². The van der Waals surface area contributed by atoms with Crippen molar-refractivity contribution in [2.24, 2.45) is 5.92 Å². The molecule has 15 heteroatoms. The van der Waals surface area contributed by atoms with Gasteiger partial charge in [-0.05, 0) is 31.0 Å². The van der Waals surface area contributed by atoms with Gasteiger partial charge in [0.15, 0.2) is 5.75 Å². The summed E-state index contributed by atoms with van der Waals surface area (Å²) < 4.78 is 113. The molecule has 0 aliphatic carbocycles. The van der Waals surface area contributed by atoms with E-state index in [0.717, 1.165) is 12.1 Å². The van der Waals surface area contributed by atoms with E-state index in [0.29, 0.717) is 0 Å². The monoisotopic (exact) mass is 563 g/mol. The molecule has 1 amide bonds. The highest BCUT2D eigenvalue weighted by atomic mass is 32.2. The maximum Gasteiger partial charge on any atom is 0.404 e. The van der Waals surface area contributed by atoms with Crippen molar-refractivity contribution in [3.8, 4) is 5.75 Å². The van der Waals surface area contributed by atoms with E-state index in [-0.39, 0.29) is 49.2 Å². The lowest BCUT2D eigenvalue weighted by molar-refractivity contribution is -0.140. The summed E-state index contributed by atoms with van der Waals surface area (Å²) in [5, 5.41) is 0. The molecule has 0 spiro atoms. The van der Waals surface area contributed by atoms with Gasteiger partial charge in [-0.15, -0.1) is 0 Å². The predicted octanol–water partition coefficient (Wildman–Crippen LogP) is 3.75. The smallest absolute Gasteiger partial charge is 0.404 e. The molecule has 1 aliphatic rings. The van der Waals surface area contributed by atoms with E-state index in [1.54, 1.807) is 23.5 Å². The fourth-order valence-corrected chi connectivity index (χ4v) is 4.92. The lowest BCUT2D eigenvalue weighted by Gasteiger charge is -2.36. The van der Waals surface area contributed by atoms with Crippen LogP contribution in [0, 0.1) is 5.92 Å². The minimum atomic E-state index is -4.97. The maximum atomic E-state index is 13.2. The van der Waals surface area contributed by atoms with Gasteiger partial charge in [0.1, 0.15) is 12.4 Å². The summed E-state index contributed by atoms with van der Waals surface area (Å²) >= 11 is 0. The van der Waals surface area contributed by atoms with Gasteiger partial charge in [0.25, 0.3) is 5.91 Å². The topological polar surface area (TPSA) is 88.2 Å². The van der Waals surface area contributed by atoms with Crippen LogP contribution in [0.15, 0.2) is 18.2 Å². The van der Waals surface area contributed by atoms with Crippen LogP contribution >= 0.6 is 0 Å². The number of fused-ring (bicyclic) bond motifs is 1. The number of carbonyl (C=O) groups is 1. The normalized spacial score (nSPS) is 23.0. The number of likely N-dealkylation sites (N-methyl/N-ethyl adjacent to an activating group) is 1. The summed E-state index contributed by atoms with van der Waals surface area (Å²) in [5.74, 6) is -3.00. The lowest BCUT2D eigenvalue weighted by Crippen LogP contribution is -2.47. The third kappa shape index (κ3) is 9.85. The average Bonchev–Trinajstić information content (AvgIpc) is 2.74. The number of ether oxygens (including phenoxy) is 2. The molecule has 37 heavy (non-hydrogen) atoms. The number of carbonyl (C=O) groups excluding carboxylic acids is 1. The standard InChI is InChI=1S/C22H31F6N3O5S/c1-14-10-31(8-7-21(23,24)25)15(2)12-36-18-6-5-16(29-37(33,34)13-22(26,27)28)9-17(18)20(32)30(3)11-19(14)35-4/h5-6,9,14-15,19,29H,7-8,10-13H2,1-4H3/t14-,15-,19+/m1/s1. The van der Waals surface area contributed by atoms with Gasteiger partial charge >= 0.3 is 12.4 Å². The van der Waals surface area contributed by atoms with Gasteiger partial charge in [-0.3, -0.25) is 14.4 Å². The molecule has 0 saturated heterocycles. The molecule has 8 nitrogen and oxygen atoms in total. The van der Waals surface area contributed by atoms with Gasteiger partial charge in [-0.25, -0.2) is 8.42 Å². The summed E-state index contributed by atoms with van der Waals surface area (Å²) in [6, 6.07) is 2.91. The maximum absolute atomic E-state index is 13.2. The van der Waals surface area contributed by atoms with Gasteiger partial charge < -0.3 is 14.4 Å². The molecule has 2 rings (SSSR count). The number of anilines is 1. The number of alkyl halides is 6. The first-order valence-corrected chi connectivity index (χ1v) is 13.0. The Kier molecular flexibility index (Phi) is 10.1. The average molecular weight is 564 g/mol. The Morgan fingerprint density at radius 3 is 2.32 bits per heavy atom. The molecule has 0 bridgehead atoms. The highest BCUT2D eigenvalue weighted by Crippen LogP contribution is 2.28. The molecule has 0 aromatic heterocycles. The number of sulfonamides is 1. The van der Waals surface area contributed by atoms with E-state index in [9.17, 15) is 39.6 Å². The molecular formula is C22H31F6N3O5S. The number of methoxy groups -OCH3 is 1. The first kappa shape index (κ1) is 31.0. The van der Waals surface area contributed by atoms with Crippen LogP contribution in [0.1, 0.15) is 30.6 Å². The van der Waals surface area contributed by atoms with Crippen molar-refractivity contribution in [3.63, 3.8) is 0 Å². The largest absolute Gasteiger partial charge is 0.491 e. The molecule has 0 radical (unpaired) electrons. The SMILES string of the molecule is CO[C@H]1CN(C)C(=O)c2cc(NS(=O)(=O)CC(F)(F)F)ccc2OC[C@@H](C)N(CCC(F)(F)F)C[C@H]1C. The molecule has 3 atom stereocenters. The number of hydrogen-bond acceptors (Lipinski definition) is 6. The molecule has 1 aromatic carbocycles. The summed E-state index contributed by atoms with van der Waals surface area (Å²) in [5.41, 5.74) is -0.413. The fraction of sp³-hybridized carbons (Fsp3) is 0.682. The number of benzene rings is 1. The highest BCUT2D eigenvalue weighted by molar-refractivity contribution is 7.92. The van der Waals surface area contributed by atoms with Crippen LogP contribution in [0.5, 0.6) is 5.75 Å². The zero-order chi connectivity index (χ0) is 28.2. The summed E-state index contributed by atoms with van der Waals surface area (Å²) in [4.78, 5) is 16.1. The van der Waals surface area contributed by atoms with E-state index in [2.05, 4.69) is 0 Å². The quantitative estimate of drug-likeness (QED) is 0.531. The molecule has 1 aliphatic heterocycles. The summed E-state index contributed by atoms with van der Waals surface area (Å²) in [6.45, 7) is 3.36. The minimum Gasteiger partial charge on any atom is -0.491 e. The first-order chi connectivity index (χ1) is 16.9. The molecule has 0 saturated carbocycles. The predicted molar refractivity (Wildman–Crippen MR) is 124 cm³/mol. The number of hydrogen-bond donors (Lipinski definition) is 1. The van der Waals surface area contributed by atoms with Crippen LogP contribution in [-0.4, -0.2) is 94.8 Å². The van der Waals surface area contributed by atoms with E-state index in [4.69, 9.17) is 9.47 Å². The summed E-state index contributed by atoms with van der Waals surface area (Å²) in [6.07, 6.45) is -10.9. The Hall–Kier alpha value is -2.26. The number of rotatable bonds is 6. The fourth-order valence-electron chi connectivity index (χ4n) is 3.93. The highest BCUT2D eigenvalue weighted by Gasteiger charge is 2.36. The molecule has 0 unspecified atom stereocenters. The molecule has 1 aromatic rings. The Bertz CT molecular complexity index is 1030. The van der Waals surface area contributed by atoms with Crippen LogP contribution in [0.25, 0.3) is 0 Å². The number of halogens is 6. The Balaban J connectivity index is 2.42. The van der Waals surface area contributed by atoms with Crippen molar-refractivity contribution >= 4 is 21.6 Å². The van der Waals surface area contributed by atoms with Crippen LogP contribution in [0.2, 0.25) is 0 Å². The van der Waals surface area contributed by atoms with E-state index in [1.807, 2.05) is 0 Å². The van der Waals surface area contributed by atoms with Crippen LogP contribution in [0.4, 0.5) is 32.0 Å². The summed E-state index contributed by atoms with van der Waals surface area (Å²) in [7, 11) is -1.94. The van der Waals surface area contributed by atoms with Crippen molar-refractivity contribution in [1.29, 1.82) is 0 Å². The second-order valence-corrected chi connectivity index (χ2v) is 10.9. The van der Waals surface area contributed by atoms with Crippen molar-refractivity contribution in [2.45, 2.75) is 44.8 Å². The van der Waals surface area contributed by atoms with Crippen molar-refractivity contribution in [2.75, 3.05) is 50.9 Å². The van der Waals surface area contributed by atoms with Gasteiger partial charge in [-0.2, -0.15) is 26.3 Å². The minimum absolute atomic E-state index is 0.000768. The van der Waals surface area contributed by atoms with Crippen LogP contribution in [0.3, 0.4) is 0 Å². The van der Waals surface area contributed by atoms with Gasteiger partial charge in [-0.1, -0.05) is 6.92 Å². The first-order valence-electron chi connectivity index (χ1n) is 11.3. The zero-order valence-corrected chi connectivity index (χ0v) is 21.6. The third-order valence-electron chi connectivity index (χ3n) is 5.88. The number of nitrogens with one attached hydrogen (secondary N) is 1. The molecule has 1 heterocycles. The van der Waals surface area contributed by atoms with Crippen molar-refractivity contribution < 1.29 is 49.0 Å². The zero-order valence-electron chi connectivity index (χ0n) is 20.8. The number of amides is 1. The van der Waals surface area contributed by atoms with Gasteiger partial charge in [0, 0.05) is 45.5 Å².